The Balaban J connectivity index is 1.59. The summed E-state index contributed by atoms with van der Waals surface area (Å²) in [7, 11) is 2.15. The number of rotatable bonds is 1. The summed E-state index contributed by atoms with van der Waals surface area (Å²) >= 11 is 0. The summed E-state index contributed by atoms with van der Waals surface area (Å²) in [5.41, 5.74) is 6.75. The van der Waals surface area contributed by atoms with Gasteiger partial charge in [-0.05, 0) is 79.8 Å². The fourth-order valence-electron chi connectivity index (χ4n) is 4.48. The molecule has 0 aromatic carbocycles. The minimum absolute atomic E-state index is 0.178. The van der Waals surface area contributed by atoms with Crippen LogP contribution in [0.5, 0.6) is 0 Å². The number of aromatic amines is 4. The molecule has 4 aromatic heterocycles. The van der Waals surface area contributed by atoms with Gasteiger partial charge in [0.2, 0.25) is 0 Å². The summed E-state index contributed by atoms with van der Waals surface area (Å²) in [5.74, 6) is 0. The van der Waals surface area contributed by atoms with Gasteiger partial charge in [-0.25, -0.2) is 0 Å². The van der Waals surface area contributed by atoms with Gasteiger partial charge in [0.15, 0.2) is 0 Å². The standard InChI is InChI=1S/C27H25N5/c1-17-4-3-5-27(32(17)2)25-15-24-14-22-9-8-20(29-22)12-18-6-7-19(28-18)13-21-10-11-23(30-21)16-26(25)31-24/h3-16,27-31H,1-2H3. The van der Waals surface area contributed by atoms with Crippen molar-refractivity contribution in [3.63, 3.8) is 0 Å². The molecule has 5 nitrogen and oxygen atoms in total. The molecular weight excluding hydrogens is 394 g/mol. The fraction of sp³-hybridized carbons (Fsp3) is 0.111. The molecule has 0 spiro atoms. The Labute approximate surface area is 185 Å². The van der Waals surface area contributed by atoms with Crippen molar-refractivity contribution in [2.45, 2.75) is 13.0 Å². The van der Waals surface area contributed by atoms with Crippen LogP contribution in [0.3, 0.4) is 0 Å². The average Bonchev–Trinajstić information content (AvgIpc) is 3.55. The predicted molar refractivity (Wildman–Crippen MR) is 129 cm³/mol. The Morgan fingerprint density at radius 3 is 1.94 bits per heavy atom. The van der Waals surface area contributed by atoms with E-state index in [1.165, 1.54) is 11.3 Å². The number of nitrogens with one attached hydrogen (secondary N) is 4. The van der Waals surface area contributed by atoms with Gasteiger partial charge >= 0.3 is 0 Å². The van der Waals surface area contributed by atoms with Crippen LogP contribution >= 0.6 is 0 Å². The lowest BCUT2D eigenvalue weighted by Gasteiger charge is -2.30. The summed E-state index contributed by atoms with van der Waals surface area (Å²) in [6.07, 6.45) is 15.1. The monoisotopic (exact) mass is 419 g/mol. The maximum Gasteiger partial charge on any atom is 0.0744 e. The van der Waals surface area contributed by atoms with Gasteiger partial charge in [0.25, 0.3) is 0 Å². The van der Waals surface area contributed by atoms with E-state index in [0.717, 1.165) is 44.2 Å². The van der Waals surface area contributed by atoms with Gasteiger partial charge in [-0.3, -0.25) is 0 Å². The number of fused-ring (bicyclic) bond motifs is 8. The van der Waals surface area contributed by atoms with Crippen LogP contribution in [0.15, 0.2) is 66.4 Å². The predicted octanol–water partition coefficient (Wildman–Crippen LogP) is 2.07. The minimum Gasteiger partial charge on any atom is -0.367 e. The van der Waals surface area contributed by atoms with E-state index in [0.29, 0.717) is 0 Å². The van der Waals surface area contributed by atoms with Crippen molar-refractivity contribution in [2.75, 3.05) is 7.05 Å². The first-order valence-electron chi connectivity index (χ1n) is 10.9. The van der Waals surface area contributed by atoms with Gasteiger partial charge in [-0.15, -0.1) is 0 Å². The van der Waals surface area contributed by atoms with Crippen LogP contribution in [-0.2, 0) is 0 Å². The van der Waals surface area contributed by atoms with Crippen molar-refractivity contribution in [3.05, 3.63) is 116 Å². The lowest BCUT2D eigenvalue weighted by atomic mass is 10.0. The summed E-state index contributed by atoms with van der Waals surface area (Å²) in [6, 6.07) is 15.1. The van der Waals surface area contributed by atoms with E-state index < -0.39 is 0 Å². The zero-order chi connectivity index (χ0) is 21.7. The number of allylic oxidation sites excluding steroid dienone is 3. The van der Waals surface area contributed by atoms with Gasteiger partial charge in [-0.2, -0.15) is 0 Å². The molecule has 6 rings (SSSR count). The van der Waals surface area contributed by atoms with E-state index in [4.69, 9.17) is 0 Å². The molecule has 0 saturated heterocycles. The second-order valence-corrected chi connectivity index (χ2v) is 8.53. The first-order chi connectivity index (χ1) is 15.6. The Kier molecular flexibility index (Phi) is 4.21. The SMILES string of the molecule is CC1=CC=CC(c2cc3[nH]c2=Cc2ccc([nH]2)C=c2ccc([nH]2)=Cc2ccc([nH]2)C=3)N1C. The van der Waals surface area contributed by atoms with Gasteiger partial charge in [0.1, 0.15) is 0 Å². The quantitative estimate of drug-likeness (QED) is 0.330. The molecule has 2 aliphatic heterocycles. The van der Waals surface area contributed by atoms with E-state index in [9.17, 15) is 0 Å². The molecule has 6 heterocycles. The highest BCUT2D eigenvalue weighted by Gasteiger charge is 2.19. The molecular formula is C27H25N5. The molecule has 5 heteroatoms. The maximum atomic E-state index is 3.64. The van der Waals surface area contributed by atoms with Crippen molar-refractivity contribution < 1.29 is 0 Å². The molecule has 1 unspecified atom stereocenters. The van der Waals surface area contributed by atoms with Crippen LogP contribution in [0.25, 0.3) is 24.3 Å². The van der Waals surface area contributed by atoms with Crippen LogP contribution < -0.4 is 21.4 Å². The van der Waals surface area contributed by atoms with Gasteiger partial charge in [0.05, 0.1) is 6.04 Å². The first kappa shape index (κ1) is 18.6. The summed E-state index contributed by atoms with van der Waals surface area (Å²) in [4.78, 5) is 16.4. The topological polar surface area (TPSA) is 66.4 Å². The molecule has 0 amide bonds. The number of likely N-dealkylation sites (N-methyl/N-ethyl adjacent to an activating group) is 1. The molecule has 4 N–H and O–H groups in total. The third kappa shape index (κ3) is 3.38. The fourth-order valence-corrected chi connectivity index (χ4v) is 4.48. The Morgan fingerprint density at radius 2 is 1.28 bits per heavy atom. The van der Waals surface area contributed by atoms with Gasteiger partial charge < -0.3 is 24.8 Å². The maximum absolute atomic E-state index is 3.64. The van der Waals surface area contributed by atoms with E-state index in [-0.39, 0.29) is 6.04 Å². The highest BCUT2D eigenvalue weighted by Crippen LogP contribution is 2.25. The molecule has 0 fully saturated rings. The molecule has 4 aromatic rings. The van der Waals surface area contributed by atoms with E-state index in [1.54, 1.807) is 0 Å². The smallest absolute Gasteiger partial charge is 0.0744 e. The van der Waals surface area contributed by atoms with Crippen molar-refractivity contribution in [1.29, 1.82) is 0 Å². The number of hydrogen-bond acceptors (Lipinski definition) is 1. The second kappa shape index (κ2) is 7.24. The molecule has 32 heavy (non-hydrogen) atoms. The summed E-state index contributed by atoms with van der Waals surface area (Å²) in [6.45, 7) is 2.15. The molecule has 0 saturated carbocycles. The van der Waals surface area contributed by atoms with Gasteiger partial charge in [0, 0.05) is 62.5 Å². The molecule has 1 atom stereocenters. The minimum atomic E-state index is 0.178. The van der Waals surface area contributed by atoms with E-state index in [2.05, 4.69) is 124 Å². The number of nitrogens with zero attached hydrogens (tertiary/aromatic N) is 1. The zero-order valence-corrected chi connectivity index (χ0v) is 18.1. The largest absolute Gasteiger partial charge is 0.367 e. The van der Waals surface area contributed by atoms with Crippen LogP contribution in [-0.4, -0.2) is 31.9 Å². The zero-order valence-electron chi connectivity index (χ0n) is 18.1. The average molecular weight is 420 g/mol. The lowest BCUT2D eigenvalue weighted by molar-refractivity contribution is 0.355. The van der Waals surface area contributed by atoms with Gasteiger partial charge in [-0.1, -0.05) is 12.2 Å². The molecule has 0 aliphatic carbocycles. The number of aromatic nitrogens is 4. The lowest BCUT2D eigenvalue weighted by Crippen LogP contribution is -2.27. The Bertz CT molecular complexity index is 1610. The number of H-pyrrole nitrogens is 4. The van der Waals surface area contributed by atoms with Crippen LogP contribution in [0.4, 0.5) is 0 Å². The van der Waals surface area contributed by atoms with Crippen LogP contribution in [0, 0.1) is 0 Å². The third-order valence-electron chi connectivity index (χ3n) is 6.25. The Morgan fingerprint density at radius 1 is 0.688 bits per heavy atom. The van der Waals surface area contributed by atoms with Crippen molar-refractivity contribution in [1.82, 2.24) is 24.8 Å². The molecule has 0 radical (unpaired) electrons. The second-order valence-electron chi connectivity index (χ2n) is 8.53. The van der Waals surface area contributed by atoms with E-state index >= 15 is 0 Å². The molecule has 8 bridgehead atoms. The van der Waals surface area contributed by atoms with E-state index in [1.807, 2.05) is 0 Å². The molecule has 158 valence electrons. The van der Waals surface area contributed by atoms with Crippen LogP contribution in [0.1, 0.15) is 41.3 Å². The van der Waals surface area contributed by atoms with Crippen molar-refractivity contribution in [3.8, 4) is 0 Å². The third-order valence-corrected chi connectivity index (χ3v) is 6.25. The normalized spacial score (nSPS) is 17.1. The van der Waals surface area contributed by atoms with Crippen molar-refractivity contribution >= 4 is 24.3 Å². The van der Waals surface area contributed by atoms with Crippen LogP contribution in [0.2, 0.25) is 0 Å². The highest BCUT2D eigenvalue weighted by molar-refractivity contribution is 5.56. The Hall–Kier alpha value is -4.12. The first-order valence-corrected chi connectivity index (χ1v) is 10.9. The van der Waals surface area contributed by atoms with Crippen molar-refractivity contribution in [2.24, 2.45) is 0 Å². The summed E-state index contributed by atoms with van der Waals surface area (Å²) < 4.78 is 0. The number of hydrogen-bond donors (Lipinski definition) is 4. The summed E-state index contributed by atoms with van der Waals surface area (Å²) in [5, 5.41) is 4.30. The highest BCUT2D eigenvalue weighted by atomic mass is 15.1. The molecule has 2 aliphatic rings.